The molecule has 0 unspecified atom stereocenters. The van der Waals surface area contributed by atoms with Gasteiger partial charge in [0.2, 0.25) is 0 Å². The Balaban J connectivity index is 2.18. The van der Waals surface area contributed by atoms with E-state index >= 15 is 0 Å². The van der Waals surface area contributed by atoms with E-state index in [2.05, 4.69) is 4.72 Å². The highest BCUT2D eigenvalue weighted by Gasteiger charge is 2.51. The minimum absolute atomic E-state index is 0.373. The Kier molecular flexibility index (Phi) is 6.03. The van der Waals surface area contributed by atoms with Gasteiger partial charge in [-0.05, 0) is 59.5 Å². The van der Waals surface area contributed by atoms with E-state index in [0.29, 0.717) is 5.56 Å². The van der Waals surface area contributed by atoms with Crippen LogP contribution in [0.15, 0.2) is 24.3 Å². The number of benzene rings is 1. The summed E-state index contributed by atoms with van der Waals surface area (Å²) in [7, 11) is -2.14. The van der Waals surface area contributed by atoms with Crippen LogP contribution in [0.5, 0.6) is 0 Å². The van der Waals surface area contributed by atoms with Crippen molar-refractivity contribution in [2.24, 2.45) is 0 Å². The van der Waals surface area contributed by atoms with Gasteiger partial charge in [-0.2, -0.15) is 0 Å². The van der Waals surface area contributed by atoms with Crippen LogP contribution in [-0.4, -0.2) is 33.7 Å². The maximum Gasteiger partial charge on any atom is 0.494 e. The summed E-state index contributed by atoms with van der Waals surface area (Å²) in [5, 5.41) is 0. The standard InChI is InChI=1S/C18H28BF2NO3S/c1-16(2,3)26(23)22-14(15(20)21)12-8-10-13(11-9-12)19-24-17(4,5)18(6,7)25-19/h8-11,14-15,22H,1-7H3/t14-,26+/m0/s1. The van der Waals surface area contributed by atoms with Crippen molar-refractivity contribution in [1.29, 1.82) is 0 Å². The molecular weight excluding hydrogens is 359 g/mol. The van der Waals surface area contributed by atoms with Gasteiger partial charge in [0.05, 0.1) is 26.9 Å². The molecule has 8 heteroatoms. The normalized spacial score (nSPS) is 21.8. The quantitative estimate of drug-likeness (QED) is 0.789. The van der Waals surface area contributed by atoms with Crippen LogP contribution in [0.25, 0.3) is 0 Å². The van der Waals surface area contributed by atoms with E-state index in [-0.39, 0.29) is 0 Å². The first-order valence-electron chi connectivity index (χ1n) is 8.66. The number of nitrogens with one attached hydrogen (secondary N) is 1. The van der Waals surface area contributed by atoms with Gasteiger partial charge in [0.25, 0.3) is 6.43 Å². The Morgan fingerprint density at radius 3 is 1.88 bits per heavy atom. The predicted molar refractivity (Wildman–Crippen MR) is 102 cm³/mol. The van der Waals surface area contributed by atoms with Gasteiger partial charge in [0.15, 0.2) is 0 Å². The van der Waals surface area contributed by atoms with Crippen molar-refractivity contribution in [3.05, 3.63) is 29.8 Å². The molecule has 1 fully saturated rings. The highest BCUT2D eigenvalue weighted by Crippen LogP contribution is 2.36. The molecule has 0 aliphatic carbocycles. The topological polar surface area (TPSA) is 47.6 Å². The van der Waals surface area contributed by atoms with Crippen LogP contribution in [-0.2, 0) is 20.3 Å². The lowest BCUT2D eigenvalue weighted by Gasteiger charge is -2.32. The summed E-state index contributed by atoms with van der Waals surface area (Å²) >= 11 is 0. The SMILES string of the molecule is CC(C)(C)[S@@](=O)N[C@@H](c1ccc(B2OC(C)(C)C(C)(C)O2)cc1)C(F)F. The van der Waals surface area contributed by atoms with Crippen molar-refractivity contribution >= 4 is 23.6 Å². The van der Waals surface area contributed by atoms with E-state index in [0.717, 1.165) is 5.46 Å². The summed E-state index contributed by atoms with van der Waals surface area (Å²) in [5.74, 6) is 0. The largest absolute Gasteiger partial charge is 0.494 e. The molecule has 1 heterocycles. The van der Waals surface area contributed by atoms with Gasteiger partial charge >= 0.3 is 7.12 Å². The molecule has 1 N–H and O–H groups in total. The Hall–Kier alpha value is -0.825. The van der Waals surface area contributed by atoms with Crippen LogP contribution in [0.1, 0.15) is 60.1 Å². The number of halogens is 2. The molecule has 1 aromatic rings. The van der Waals surface area contributed by atoms with Crippen molar-refractivity contribution in [3.63, 3.8) is 0 Å². The van der Waals surface area contributed by atoms with E-state index in [1.54, 1.807) is 45.0 Å². The zero-order chi connectivity index (χ0) is 19.9. The van der Waals surface area contributed by atoms with Gasteiger partial charge in [0.1, 0.15) is 6.04 Å². The van der Waals surface area contributed by atoms with Crippen molar-refractivity contribution in [2.75, 3.05) is 0 Å². The van der Waals surface area contributed by atoms with Crippen LogP contribution >= 0.6 is 0 Å². The lowest BCUT2D eigenvalue weighted by molar-refractivity contribution is 0.00578. The molecule has 0 radical (unpaired) electrons. The van der Waals surface area contributed by atoms with Crippen LogP contribution in [0, 0.1) is 0 Å². The summed E-state index contributed by atoms with van der Waals surface area (Å²) in [6.07, 6.45) is -2.68. The first-order chi connectivity index (χ1) is 11.7. The zero-order valence-corrected chi connectivity index (χ0v) is 17.2. The highest BCUT2D eigenvalue weighted by molar-refractivity contribution is 7.84. The fourth-order valence-corrected chi connectivity index (χ4v) is 3.22. The van der Waals surface area contributed by atoms with Gasteiger partial charge in [-0.3, -0.25) is 0 Å². The molecule has 0 bridgehead atoms. The summed E-state index contributed by atoms with van der Waals surface area (Å²) in [6.45, 7) is 13.0. The average Bonchev–Trinajstić information content (AvgIpc) is 2.71. The fourth-order valence-electron chi connectivity index (χ4n) is 2.40. The van der Waals surface area contributed by atoms with Gasteiger partial charge in [-0.25, -0.2) is 17.7 Å². The lowest BCUT2D eigenvalue weighted by atomic mass is 9.78. The number of hydrogen-bond donors (Lipinski definition) is 1. The maximum atomic E-state index is 13.5. The highest BCUT2D eigenvalue weighted by atomic mass is 32.2. The molecule has 4 nitrogen and oxygen atoms in total. The minimum Gasteiger partial charge on any atom is -0.399 e. The molecule has 1 saturated heterocycles. The summed E-state index contributed by atoms with van der Waals surface area (Å²) in [4.78, 5) is 0. The zero-order valence-electron chi connectivity index (χ0n) is 16.4. The van der Waals surface area contributed by atoms with E-state index in [9.17, 15) is 13.0 Å². The fraction of sp³-hybridized carbons (Fsp3) is 0.667. The maximum absolute atomic E-state index is 13.5. The van der Waals surface area contributed by atoms with Crippen molar-refractivity contribution in [2.45, 2.75) is 76.9 Å². The number of rotatable bonds is 5. The molecular formula is C18H28BF2NO3S. The number of hydrogen-bond acceptors (Lipinski definition) is 3. The summed E-state index contributed by atoms with van der Waals surface area (Å²) in [6, 6.07) is 5.33. The molecule has 0 amide bonds. The molecule has 0 spiro atoms. The second-order valence-corrected chi connectivity index (χ2v) is 10.6. The van der Waals surface area contributed by atoms with Crippen LogP contribution in [0.3, 0.4) is 0 Å². The van der Waals surface area contributed by atoms with E-state index < -0.39 is 46.5 Å². The average molecular weight is 387 g/mol. The molecule has 2 rings (SSSR count). The van der Waals surface area contributed by atoms with Gasteiger partial charge < -0.3 is 9.31 Å². The predicted octanol–water partition coefficient (Wildman–Crippen LogP) is 3.34. The van der Waals surface area contributed by atoms with Crippen LogP contribution < -0.4 is 10.2 Å². The van der Waals surface area contributed by atoms with E-state index in [4.69, 9.17) is 9.31 Å². The number of alkyl halides is 2. The molecule has 0 aromatic heterocycles. The third-order valence-electron chi connectivity index (χ3n) is 4.86. The molecule has 26 heavy (non-hydrogen) atoms. The molecule has 2 atom stereocenters. The summed E-state index contributed by atoms with van der Waals surface area (Å²) in [5.41, 5.74) is 0.204. The van der Waals surface area contributed by atoms with Gasteiger partial charge in [-0.1, -0.05) is 24.3 Å². The minimum atomic E-state index is -2.68. The van der Waals surface area contributed by atoms with Gasteiger partial charge in [0, 0.05) is 0 Å². The summed E-state index contributed by atoms with van der Waals surface area (Å²) < 4.78 is 53.0. The smallest absolute Gasteiger partial charge is 0.399 e. The molecule has 146 valence electrons. The second-order valence-electron chi connectivity index (χ2n) is 8.57. The Labute approximate surface area is 157 Å². The van der Waals surface area contributed by atoms with Crippen molar-refractivity contribution in [3.8, 4) is 0 Å². The van der Waals surface area contributed by atoms with Crippen molar-refractivity contribution in [1.82, 2.24) is 4.72 Å². The van der Waals surface area contributed by atoms with E-state index in [1.807, 2.05) is 27.7 Å². The van der Waals surface area contributed by atoms with Gasteiger partial charge in [-0.15, -0.1) is 0 Å². The first kappa shape index (κ1) is 21.5. The second kappa shape index (κ2) is 7.30. The Bertz CT molecular complexity index is 643. The molecule has 0 saturated carbocycles. The third kappa shape index (κ3) is 4.53. The van der Waals surface area contributed by atoms with Crippen LogP contribution in [0.2, 0.25) is 0 Å². The Morgan fingerprint density at radius 2 is 1.50 bits per heavy atom. The van der Waals surface area contributed by atoms with Crippen molar-refractivity contribution < 1.29 is 22.3 Å². The van der Waals surface area contributed by atoms with E-state index in [1.165, 1.54) is 0 Å². The molecule has 1 aliphatic rings. The van der Waals surface area contributed by atoms with Crippen LogP contribution in [0.4, 0.5) is 8.78 Å². The monoisotopic (exact) mass is 387 g/mol. The molecule has 1 aliphatic heterocycles. The molecule has 1 aromatic carbocycles. The lowest BCUT2D eigenvalue weighted by Crippen LogP contribution is -2.41. The first-order valence-corrected chi connectivity index (χ1v) is 9.81. The Morgan fingerprint density at radius 1 is 1.04 bits per heavy atom. The third-order valence-corrected chi connectivity index (χ3v) is 6.44.